The molecule has 0 amide bonds. The molecule has 17 heavy (non-hydrogen) atoms. The van der Waals surface area contributed by atoms with Gasteiger partial charge >= 0.3 is 0 Å². The van der Waals surface area contributed by atoms with E-state index >= 15 is 0 Å². The highest BCUT2D eigenvalue weighted by atomic mass is 15.0. The molecule has 1 unspecified atom stereocenters. The monoisotopic (exact) mass is 232 g/mol. The predicted octanol–water partition coefficient (Wildman–Crippen LogP) is 2.57. The van der Waals surface area contributed by atoms with Crippen LogP contribution < -0.4 is 10.6 Å². The van der Waals surface area contributed by atoms with Crippen LogP contribution in [0.4, 0.5) is 0 Å². The van der Waals surface area contributed by atoms with Crippen LogP contribution in [0, 0.1) is 6.92 Å². The number of aryl methyl sites for hydroxylation is 1. The molecular weight excluding hydrogens is 208 g/mol. The Bertz CT molecular complexity index is 390. The Morgan fingerprint density at radius 2 is 2.12 bits per heavy atom. The zero-order chi connectivity index (χ0) is 12.5. The molecule has 0 spiro atoms. The average Bonchev–Trinajstić information content (AvgIpc) is 2.26. The van der Waals surface area contributed by atoms with Crippen molar-refractivity contribution in [3.8, 4) is 0 Å². The molecule has 1 heterocycles. The van der Waals surface area contributed by atoms with E-state index in [1.807, 2.05) is 0 Å². The number of hydrogen-bond donors (Lipinski definition) is 2. The summed E-state index contributed by atoms with van der Waals surface area (Å²) in [6, 6.07) is 6.68. The number of fused-ring (bicyclic) bond motifs is 1. The fourth-order valence-corrected chi connectivity index (χ4v) is 2.44. The Labute approximate surface area is 105 Å². The zero-order valence-electron chi connectivity index (χ0n) is 11.4. The summed E-state index contributed by atoms with van der Waals surface area (Å²) < 4.78 is 0. The van der Waals surface area contributed by atoms with Crippen molar-refractivity contribution in [1.29, 1.82) is 0 Å². The summed E-state index contributed by atoms with van der Waals surface area (Å²) in [6.07, 6.45) is 0. The molecule has 1 aromatic rings. The Hall–Kier alpha value is -0.860. The second kappa shape index (κ2) is 4.79. The Balaban J connectivity index is 2.15. The van der Waals surface area contributed by atoms with Gasteiger partial charge in [-0.25, -0.2) is 0 Å². The van der Waals surface area contributed by atoms with Gasteiger partial charge < -0.3 is 10.6 Å². The van der Waals surface area contributed by atoms with Gasteiger partial charge in [0.05, 0.1) is 0 Å². The van der Waals surface area contributed by atoms with E-state index in [4.69, 9.17) is 0 Å². The molecule has 0 bridgehead atoms. The first-order valence-electron chi connectivity index (χ1n) is 6.51. The van der Waals surface area contributed by atoms with Gasteiger partial charge in [-0.05, 0) is 44.4 Å². The largest absolute Gasteiger partial charge is 0.312 e. The molecule has 0 radical (unpaired) electrons. The quantitative estimate of drug-likeness (QED) is 0.819. The van der Waals surface area contributed by atoms with Crippen LogP contribution in [0.5, 0.6) is 0 Å². The first kappa shape index (κ1) is 12.6. The third-order valence-corrected chi connectivity index (χ3v) is 3.46. The lowest BCUT2D eigenvalue weighted by atomic mass is 9.88. The summed E-state index contributed by atoms with van der Waals surface area (Å²) in [5.41, 5.74) is 4.64. The second-order valence-corrected chi connectivity index (χ2v) is 6.10. The average molecular weight is 232 g/mol. The summed E-state index contributed by atoms with van der Waals surface area (Å²) >= 11 is 0. The van der Waals surface area contributed by atoms with Crippen molar-refractivity contribution >= 4 is 0 Å². The molecule has 2 N–H and O–H groups in total. The van der Waals surface area contributed by atoms with Crippen molar-refractivity contribution in [2.45, 2.75) is 45.7 Å². The maximum atomic E-state index is 3.61. The van der Waals surface area contributed by atoms with Crippen molar-refractivity contribution in [3.05, 3.63) is 34.9 Å². The molecule has 0 saturated carbocycles. The topological polar surface area (TPSA) is 24.1 Å². The molecule has 0 saturated heterocycles. The summed E-state index contributed by atoms with van der Waals surface area (Å²) in [5, 5.41) is 7.14. The lowest BCUT2D eigenvalue weighted by Crippen LogP contribution is -2.42. The molecule has 0 aromatic heterocycles. The van der Waals surface area contributed by atoms with Crippen molar-refractivity contribution in [3.63, 3.8) is 0 Å². The molecule has 0 fully saturated rings. The highest BCUT2D eigenvalue weighted by Gasteiger charge is 2.22. The maximum absolute atomic E-state index is 3.61. The van der Waals surface area contributed by atoms with E-state index in [0.29, 0.717) is 5.92 Å². The Morgan fingerprint density at radius 3 is 2.82 bits per heavy atom. The van der Waals surface area contributed by atoms with Crippen LogP contribution in [0.2, 0.25) is 0 Å². The molecule has 94 valence electrons. The second-order valence-electron chi connectivity index (χ2n) is 6.10. The highest BCUT2D eigenvalue weighted by molar-refractivity contribution is 5.38. The number of nitrogens with one attached hydrogen (secondary N) is 2. The Morgan fingerprint density at radius 1 is 1.35 bits per heavy atom. The minimum absolute atomic E-state index is 0.196. The van der Waals surface area contributed by atoms with Crippen LogP contribution in [0.3, 0.4) is 0 Å². The van der Waals surface area contributed by atoms with Gasteiger partial charge in [-0.2, -0.15) is 0 Å². The van der Waals surface area contributed by atoms with Gasteiger partial charge in [0.15, 0.2) is 0 Å². The van der Waals surface area contributed by atoms with Crippen LogP contribution in [-0.4, -0.2) is 18.6 Å². The number of rotatable bonds is 2. The van der Waals surface area contributed by atoms with Gasteiger partial charge in [-0.15, -0.1) is 0 Å². The van der Waals surface area contributed by atoms with E-state index in [1.54, 1.807) is 0 Å². The standard InChI is InChI=1S/C15H24N2/c1-11-6-5-7-13-12(8-16-10-14(11)13)9-17-15(2,3)4/h5-7,12,16-17H,8-10H2,1-4H3. The molecule has 1 aromatic carbocycles. The van der Waals surface area contributed by atoms with Crippen molar-refractivity contribution < 1.29 is 0 Å². The number of benzene rings is 1. The molecule has 0 aliphatic carbocycles. The minimum Gasteiger partial charge on any atom is -0.312 e. The van der Waals surface area contributed by atoms with Crippen molar-refractivity contribution in [2.75, 3.05) is 13.1 Å². The third kappa shape index (κ3) is 3.08. The van der Waals surface area contributed by atoms with Crippen LogP contribution in [0.15, 0.2) is 18.2 Å². The molecular formula is C15H24N2. The summed E-state index contributed by atoms with van der Waals surface area (Å²) in [7, 11) is 0. The van der Waals surface area contributed by atoms with E-state index in [-0.39, 0.29) is 5.54 Å². The van der Waals surface area contributed by atoms with Gasteiger partial charge in [0.1, 0.15) is 0 Å². The lowest BCUT2D eigenvalue weighted by Gasteiger charge is -2.31. The summed E-state index contributed by atoms with van der Waals surface area (Å²) in [6.45, 7) is 12.0. The predicted molar refractivity (Wildman–Crippen MR) is 73.4 cm³/mol. The van der Waals surface area contributed by atoms with Crippen molar-refractivity contribution in [2.24, 2.45) is 0 Å². The SMILES string of the molecule is Cc1cccc2c1CNCC2CNC(C)(C)C. The van der Waals surface area contributed by atoms with Gasteiger partial charge in [0.25, 0.3) is 0 Å². The van der Waals surface area contributed by atoms with Gasteiger partial charge in [0.2, 0.25) is 0 Å². The van der Waals surface area contributed by atoms with E-state index < -0.39 is 0 Å². The summed E-state index contributed by atoms with van der Waals surface area (Å²) in [4.78, 5) is 0. The van der Waals surface area contributed by atoms with Crippen LogP contribution in [0.25, 0.3) is 0 Å². The highest BCUT2D eigenvalue weighted by Crippen LogP contribution is 2.26. The van der Waals surface area contributed by atoms with Crippen LogP contribution >= 0.6 is 0 Å². The van der Waals surface area contributed by atoms with E-state index in [1.165, 1.54) is 16.7 Å². The zero-order valence-corrected chi connectivity index (χ0v) is 11.4. The van der Waals surface area contributed by atoms with Crippen molar-refractivity contribution in [1.82, 2.24) is 10.6 Å². The first-order valence-corrected chi connectivity index (χ1v) is 6.51. The molecule has 2 rings (SSSR count). The van der Waals surface area contributed by atoms with E-state index in [9.17, 15) is 0 Å². The minimum atomic E-state index is 0.196. The van der Waals surface area contributed by atoms with Crippen LogP contribution in [-0.2, 0) is 6.54 Å². The van der Waals surface area contributed by atoms with Gasteiger partial charge in [-0.1, -0.05) is 18.2 Å². The van der Waals surface area contributed by atoms with Gasteiger partial charge in [-0.3, -0.25) is 0 Å². The Kier molecular flexibility index (Phi) is 3.55. The van der Waals surface area contributed by atoms with Gasteiger partial charge in [0, 0.05) is 31.1 Å². The van der Waals surface area contributed by atoms with E-state index in [2.05, 4.69) is 56.5 Å². The normalized spacial score (nSPS) is 20.1. The molecule has 1 atom stereocenters. The van der Waals surface area contributed by atoms with Crippen LogP contribution in [0.1, 0.15) is 43.4 Å². The smallest absolute Gasteiger partial charge is 0.0211 e. The number of hydrogen-bond acceptors (Lipinski definition) is 2. The summed E-state index contributed by atoms with van der Waals surface area (Å²) in [5.74, 6) is 0.595. The fourth-order valence-electron chi connectivity index (χ4n) is 2.44. The fraction of sp³-hybridized carbons (Fsp3) is 0.600. The first-order chi connectivity index (χ1) is 7.97. The molecule has 1 aliphatic rings. The maximum Gasteiger partial charge on any atom is 0.0211 e. The van der Waals surface area contributed by atoms with E-state index in [0.717, 1.165) is 19.6 Å². The third-order valence-electron chi connectivity index (χ3n) is 3.46. The lowest BCUT2D eigenvalue weighted by molar-refractivity contribution is 0.391. The molecule has 1 aliphatic heterocycles. The molecule has 2 nitrogen and oxygen atoms in total. The molecule has 2 heteroatoms.